The van der Waals surface area contributed by atoms with Gasteiger partial charge in [-0.25, -0.2) is 0 Å². The van der Waals surface area contributed by atoms with E-state index < -0.39 is 0 Å². The molecular weight excluding hydrogens is 272 g/mol. The Morgan fingerprint density at radius 3 is 2.80 bits per heavy atom. The number of fused-ring (bicyclic) bond motifs is 2. The third-order valence-corrected chi connectivity index (χ3v) is 5.29. The monoisotopic (exact) mass is 292 g/mol. The van der Waals surface area contributed by atoms with Crippen LogP contribution in [0.1, 0.15) is 43.0 Å². The molecule has 3 N–H and O–H groups in total. The molecule has 2 aliphatic carbocycles. The molecule has 4 atom stereocenters. The summed E-state index contributed by atoms with van der Waals surface area (Å²) in [5.74, 6) is 2.24. The lowest BCUT2D eigenvalue weighted by atomic mass is 9.84. The number of nitrogen functional groups attached to an aromatic ring is 1. The molecule has 2 fully saturated rings. The van der Waals surface area contributed by atoms with Crippen LogP contribution < -0.4 is 11.1 Å². The molecule has 0 saturated heterocycles. The molecule has 2 bridgehead atoms. The molecule has 20 heavy (non-hydrogen) atoms. The van der Waals surface area contributed by atoms with Gasteiger partial charge in [-0.3, -0.25) is 4.79 Å². The number of nitrogens with one attached hydrogen (secondary N) is 1. The van der Waals surface area contributed by atoms with Crippen molar-refractivity contribution in [2.75, 3.05) is 5.73 Å². The summed E-state index contributed by atoms with van der Waals surface area (Å²) >= 11 is 5.86. The van der Waals surface area contributed by atoms with Gasteiger partial charge < -0.3 is 11.1 Å². The van der Waals surface area contributed by atoms with E-state index in [1.165, 1.54) is 25.7 Å². The Kier molecular flexibility index (Phi) is 3.63. The van der Waals surface area contributed by atoms with E-state index in [0.717, 1.165) is 11.8 Å². The number of benzene rings is 1. The molecule has 0 aliphatic heterocycles. The van der Waals surface area contributed by atoms with E-state index in [-0.39, 0.29) is 11.9 Å². The summed E-state index contributed by atoms with van der Waals surface area (Å²) in [7, 11) is 0. The molecule has 0 aromatic heterocycles. The van der Waals surface area contributed by atoms with Crippen LogP contribution in [-0.2, 0) is 0 Å². The number of hydrogen-bond acceptors (Lipinski definition) is 2. The van der Waals surface area contributed by atoms with Crippen molar-refractivity contribution in [2.45, 2.75) is 38.6 Å². The van der Waals surface area contributed by atoms with Crippen LogP contribution in [0.4, 0.5) is 5.69 Å². The smallest absolute Gasteiger partial charge is 0.253 e. The second-order valence-electron chi connectivity index (χ2n) is 6.33. The number of nitrogens with two attached hydrogens (primary N) is 1. The summed E-state index contributed by atoms with van der Waals surface area (Å²) in [6.07, 6.45) is 5.33. The van der Waals surface area contributed by atoms with Gasteiger partial charge in [0.1, 0.15) is 0 Å². The van der Waals surface area contributed by atoms with Crippen LogP contribution in [0, 0.1) is 17.8 Å². The zero-order valence-corrected chi connectivity index (χ0v) is 12.5. The minimum Gasteiger partial charge on any atom is -0.398 e. The van der Waals surface area contributed by atoms with Crippen molar-refractivity contribution in [3.8, 4) is 0 Å². The molecule has 2 saturated carbocycles. The van der Waals surface area contributed by atoms with Crippen LogP contribution in [0.5, 0.6) is 0 Å². The van der Waals surface area contributed by atoms with E-state index in [1.54, 1.807) is 18.2 Å². The number of carbonyl (C=O) groups excluding carboxylic acids is 1. The second-order valence-corrected chi connectivity index (χ2v) is 6.77. The van der Waals surface area contributed by atoms with Gasteiger partial charge in [0.25, 0.3) is 5.91 Å². The van der Waals surface area contributed by atoms with Gasteiger partial charge in [0.05, 0.1) is 5.56 Å². The first-order valence-electron chi connectivity index (χ1n) is 7.40. The zero-order valence-electron chi connectivity index (χ0n) is 11.7. The lowest BCUT2D eigenvalue weighted by Gasteiger charge is -2.28. The summed E-state index contributed by atoms with van der Waals surface area (Å²) in [5, 5.41) is 3.68. The van der Waals surface area contributed by atoms with Crippen molar-refractivity contribution >= 4 is 23.2 Å². The summed E-state index contributed by atoms with van der Waals surface area (Å²) in [6, 6.07) is 5.24. The Bertz CT molecular complexity index is 531. The Labute approximate surface area is 124 Å². The standard InChI is InChI=1S/C16H21ClN2O/c1-9(14-7-10-2-3-11(14)6-10)19-16(20)13-5-4-12(17)8-15(13)18/h4-5,8-11,14H,2-3,6-7,18H2,1H3,(H,19,20). The molecule has 0 spiro atoms. The van der Waals surface area contributed by atoms with Gasteiger partial charge in [-0.05, 0) is 62.1 Å². The van der Waals surface area contributed by atoms with Gasteiger partial charge in [0.2, 0.25) is 0 Å². The Balaban J connectivity index is 1.66. The molecule has 108 valence electrons. The molecule has 2 aliphatic rings. The Morgan fingerprint density at radius 1 is 1.40 bits per heavy atom. The van der Waals surface area contributed by atoms with Crippen molar-refractivity contribution in [3.05, 3.63) is 28.8 Å². The first-order valence-corrected chi connectivity index (χ1v) is 7.78. The minimum atomic E-state index is -0.0885. The van der Waals surface area contributed by atoms with E-state index >= 15 is 0 Å². The fourth-order valence-corrected chi connectivity index (χ4v) is 4.22. The molecule has 1 aromatic carbocycles. The van der Waals surface area contributed by atoms with Crippen LogP contribution in [0.25, 0.3) is 0 Å². The van der Waals surface area contributed by atoms with Gasteiger partial charge in [-0.2, -0.15) is 0 Å². The molecule has 0 radical (unpaired) electrons. The highest BCUT2D eigenvalue weighted by atomic mass is 35.5. The van der Waals surface area contributed by atoms with Gasteiger partial charge in [0, 0.05) is 16.8 Å². The third-order valence-electron chi connectivity index (χ3n) is 5.05. The number of anilines is 1. The summed E-state index contributed by atoms with van der Waals surface area (Å²) in [4.78, 5) is 12.3. The van der Waals surface area contributed by atoms with Gasteiger partial charge >= 0.3 is 0 Å². The van der Waals surface area contributed by atoms with Gasteiger partial charge in [-0.1, -0.05) is 18.0 Å². The normalized spacial score (nSPS) is 29.4. The average Bonchev–Trinajstić information content (AvgIpc) is 3.00. The average molecular weight is 293 g/mol. The number of carbonyl (C=O) groups is 1. The van der Waals surface area contributed by atoms with E-state index in [0.29, 0.717) is 22.2 Å². The van der Waals surface area contributed by atoms with E-state index in [9.17, 15) is 4.79 Å². The van der Waals surface area contributed by atoms with Crippen molar-refractivity contribution in [1.29, 1.82) is 0 Å². The van der Waals surface area contributed by atoms with Gasteiger partial charge in [-0.15, -0.1) is 0 Å². The number of amides is 1. The third kappa shape index (κ3) is 2.51. The molecule has 3 nitrogen and oxygen atoms in total. The van der Waals surface area contributed by atoms with Crippen LogP contribution in [0.2, 0.25) is 5.02 Å². The molecule has 1 amide bonds. The molecule has 1 aromatic rings. The van der Waals surface area contributed by atoms with Crippen molar-refractivity contribution < 1.29 is 4.79 Å². The predicted molar refractivity (Wildman–Crippen MR) is 81.7 cm³/mol. The topological polar surface area (TPSA) is 55.1 Å². The molecular formula is C16H21ClN2O. The zero-order chi connectivity index (χ0) is 14.3. The Morgan fingerprint density at radius 2 is 2.20 bits per heavy atom. The van der Waals surface area contributed by atoms with Crippen molar-refractivity contribution in [2.24, 2.45) is 17.8 Å². The highest BCUT2D eigenvalue weighted by Crippen LogP contribution is 2.49. The van der Waals surface area contributed by atoms with E-state index in [2.05, 4.69) is 12.2 Å². The SMILES string of the molecule is CC(NC(=O)c1ccc(Cl)cc1N)C1CC2CCC1C2. The Hall–Kier alpha value is -1.22. The highest BCUT2D eigenvalue weighted by molar-refractivity contribution is 6.31. The largest absolute Gasteiger partial charge is 0.398 e. The van der Waals surface area contributed by atoms with Gasteiger partial charge in [0.15, 0.2) is 0 Å². The quantitative estimate of drug-likeness (QED) is 0.838. The van der Waals surface area contributed by atoms with Crippen molar-refractivity contribution in [1.82, 2.24) is 5.32 Å². The van der Waals surface area contributed by atoms with Crippen LogP contribution in [-0.4, -0.2) is 11.9 Å². The summed E-state index contributed by atoms with van der Waals surface area (Å²) < 4.78 is 0. The minimum absolute atomic E-state index is 0.0885. The molecule has 0 heterocycles. The maximum atomic E-state index is 12.3. The fourth-order valence-electron chi connectivity index (χ4n) is 4.04. The fraction of sp³-hybridized carbons (Fsp3) is 0.562. The van der Waals surface area contributed by atoms with Crippen LogP contribution in [0.3, 0.4) is 0 Å². The highest BCUT2D eigenvalue weighted by Gasteiger charge is 2.42. The van der Waals surface area contributed by atoms with E-state index in [4.69, 9.17) is 17.3 Å². The number of rotatable bonds is 3. The first kappa shape index (κ1) is 13.7. The second kappa shape index (κ2) is 5.28. The molecule has 3 rings (SSSR count). The maximum Gasteiger partial charge on any atom is 0.253 e. The van der Waals surface area contributed by atoms with Crippen molar-refractivity contribution in [3.63, 3.8) is 0 Å². The number of halogens is 1. The number of hydrogen-bond donors (Lipinski definition) is 2. The van der Waals surface area contributed by atoms with E-state index in [1.807, 2.05) is 0 Å². The summed E-state index contributed by atoms with van der Waals surface area (Å²) in [6.45, 7) is 2.12. The first-order chi connectivity index (χ1) is 9.54. The molecule has 4 unspecified atom stereocenters. The maximum absolute atomic E-state index is 12.3. The molecule has 4 heteroatoms. The lowest BCUT2D eigenvalue weighted by molar-refractivity contribution is 0.0916. The van der Waals surface area contributed by atoms with Crippen LogP contribution in [0.15, 0.2) is 18.2 Å². The lowest BCUT2D eigenvalue weighted by Crippen LogP contribution is -2.40. The summed E-state index contributed by atoms with van der Waals surface area (Å²) in [5.41, 5.74) is 6.82. The van der Waals surface area contributed by atoms with Crippen LogP contribution >= 0.6 is 11.6 Å². The predicted octanol–water partition coefficient (Wildman–Crippen LogP) is 3.48.